The molecule has 0 fully saturated rings. The Morgan fingerprint density at radius 2 is 1.37 bits per heavy atom. The van der Waals surface area contributed by atoms with E-state index in [2.05, 4.69) is 65.0 Å². The van der Waals surface area contributed by atoms with Crippen LogP contribution in [0.15, 0.2) is 91.1 Å². The Morgan fingerprint density at radius 3 is 1.95 bits per heavy atom. The van der Waals surface area contributed by atoms with Crippen LogP contribution in [0.3, 0.4) is 0 Å². The average molecular weight is 579 g/mol. The van der Waals surface area contributed by atoms with Crippen molar-refractivity contribution in [2.45, 2.75) is 79.8 Å². The van der Waals surface area contributed by atoms with Crippen LogP contribution < -0.4 is 0 Å². The Bertz CT molecular complexity index is 1650. The standard InChI is InChI=1S/C35H34F2N2.C4H10/c1-22-19-23(2)33(24(3)20-22)39-21-31(28-16-11-10-15-27(28)26-13-8-7-9-14-26)38-34(39)32-29(17-12-18-30(32)37)35(5,6)25(4)36;1-3-4-2/h7-21,25H,1-6H3;3-4H2,1-2H3/t25-;/m1./s1. The lowest BCUT2D eigenvalue weighted by molar-refractivity contribution is 0.237. The highest BCUT2D eigenvalue weighted by atomic mass is 19.1. The van der Waals surface area contributed by atoms with Crippen molar-refractivity contribution in [2.24, 2.45) is 0 Å². The third-order valence-corrected chi connectivity index (χ3v) is 8.30. The maximum absolute atomic E-state index is 15.9. The predicted octanol–water partition coefficient (Wildman–Crippen LogP) is 11.4. The van der Waals surface area contributed by atoms with Crippen LogP contribution >= 0.6 is 0 Å². The molecule has 0 aliphatic rings. The number of benzene rings is 4. The van der Waals surface area contributed by atoms with E-state index in [1.807, 2.05) is 67.1 Å². The summed E-state index contributed by atoms with van der Waals surface area (Å²) in [6, 6.07) is 27.5. The van der Waals surface area contributed by atoms with Crippen molar-refractivity contribution in [1.82, 2.24) is 9.55 Å². The van der Waals surface area contributed by atoms with Gasteiger partial charge in [-0.05, 0) is 61.6 Å². The van der Waals surface area contributed by atoms with E-state index in [9.17, 15) is 4.39 Å². The molecule has 0 aliphatic heterocycles. The van der Waals surface area contributed by atoms with Crippen LogP contribution in [0.25, 0.3) is 39.5 Å². The van der Waals surface area contributed by atoms with E-state index in [0.29, 0.717) is 17.0 Å². The molecule has 0 bridgehead atoms. The zero-order chi connectivity index (χ0) is 31.3. The van der Waals surface area contributed by atoms with Crippen LogP contribution in [0.4, 0.5) is 8.78 Å². The van der Waals surface area contributed by atoms with Crippen LogP contribution in [0.1, 0.15) is 69.7 Å². The molecule has 0 saturated heterocycles. The maximum atomic E-state index is 15.9. The summed E-state index contributed by atoms with van der Waals surface area (Å²) in [5.41, 5.74) is 8.01. The van der Waals surface area contributed by atoms with E-state index < -0.39 is 17.4 Å². The third kappa shape index (κ3) is 6.64. The van der Waals surface area contributed by atoms with Gasteiger partial charge in [-0.1, -0.05) is 125 Å². The highest BCUT2D eigenvalue weighted by Gasteiger charge is 2.34. The monoisotopic (exact) mass is 578 g/mol. The second-order valence-corrected chi connectivity index (χ2v) is 12.0. The Morgan fingerprint density at radius 1 is 0.791 bits per heavy atom. The van der Waals surface area contributed by atoms with Gasteiger partial charge in [0.05, 0.1) is 16.9 Å². The fourth-order valence-electron chi connectivity index (χ4n) is 5.49. The molecule has 1 heterocycles. The Hall–Kier alpha value is -4.05. The van der Waals surface area contributed by atoms with Gasteiger partial charge in [0.2, 0.25) is 0 Å². The van der Waals surface area contributed by atoms with Gasteiger partial charge in [-0.25, -0.2) is 13.8 Å². The molecule has 0 radical (unpaired) electrons. The van der Waals surface area contributed by atoms with Crippen molar-refractivity contribution in [3.8, 4) is 39.5 Å². The van der Waals surface area contributed by atoms with Crippen molar-refractivity contribution >= 4 is 0 Å². The SMILES string of the molecule is CCCC.Cc1cc(C)c(-n2cc(-c3ccccc3-c3ccccc3)nc2-c2c(F)cccc2C(C)(C)[C@@H](C)F)c(C)c1. The van der Waals surface area contributed by atoms with Crippen LogP contribution in [-0.2, 0) is 5.41 Å². The fraction of sp³-hybridized carbons (Fsp3) is 0.308. The minimum atomic E-state index is -1.19. The number of nitrogens with zero attached hydrogens (tertiary/aromatic N) is 2. The molecule has 0 spiro atoms. The van der Waals surface area contributed by atoms with Crippen molar-refractivity contribution in [2.75, 3.05) is 0 Å². The quantitative estimate of drug-likeness (QED) is 0.188. The third-order valence-electron chi connectivity index (χ3n) is 8.30. The highest BCUT2D eigenvalue weighted by molar-refractivity contribution is 5.83. The molecule has 0 saturated carbocycles. The molecule has 0 N–H and O–H groups in total. The van der Waals surface area contributed by atoms with E-state index in [4.69, 9.17) is 4.98 Å². The average Bonchev–Trinajstić information content (AvgIpc) is 3.41. The minimum absolute atomic E-state index is 0.329. The summed E-state index contributed by atoms with van der Waals surface area (Å²) >= 11 is 0. The number of aromatic nitrogens is 2. The largest absolute Gasteiger partial charge is 0.299 e. The van der Waals surface area contributed by atoms with E-state index in [1.165, 1.54) is 25.8 Å². The first-order chi connectivity index (χ1) is 20.5. The first-order valence-corrected chi connectivity index (χ1v) is 15.3. The Balaban J connectivity index is 0.000000996. The van der Waals surface area contributed by atoms with Gasteiger partial charge in [0.25, 0.3) is 0 Å². The number of aryl methyl sites for hydroxylation is 3. The topological polar surface area (TPSA) is 17.8 Å². The highest BCUT2D eigenvalue weighted by Crippen LogP contribution is 2.41. The van der Waals surface area contributed by atoms with E-state index in [-0.39, 0.29) is 0 Å². The number of hydrogen-bond donors (Lipinski definition) is 0. The molecule has 1 atom stereocenters. The molecular weight excluding hydrogens is 534 g/mol. The number of rotatable bonds is 7. The number of imidazole rings is 1. The zero-order valence-corrected chi connectivity index (χ0v) is 26.8. The van der Waals surface area contributed by atoms with Gasteiger partial charge in [-0.3, -0.25) is 4.57 Å². The van der Waals surface area contributed by atoms with Gasteiger partial charge in [-0.15, -0.1) is 0 Å². The zero-order valence-electron chi connectivity index (χ0n) is 26.8. The molecule has 0 aliphatic carbocycles. The van der Waals surface area contributed by atoms with Crippen LogP contribution in [-0.4, -0.2) is 15.7 Å². The summed E-state index contributed by atoms with van der Waals surface area (Å²) in [5, 5.41) is 0. The fourth-order valence-corrected chi connectivity index (χ4v) is 5.49. The van der Waals surface area contributed by atoms with Gasteiger partial charge in [0, 0.05) is 17.2 Å². The molecule has 43 heavy (non-hydrogen) atoms. The number of halogens is 2. The molecule has 0 unspecified atom stereocenters. The van der Waals surface area contributed by atoms with Gasteiger partial charge in [-0.2, -0.15) is 0 Å². The second kappa shape index (κ2) is 13.5. The summed E-state index contributed by atoms with van der Waals surface area (Å²) in [5.74, 6) is 0.0446. The van der Waals surface area contributed by atoms with Crippen LogP contribution in [0.2, 0.25) is 0 Å². The second-order valence-electron chi connectivity index (χ2n) is 12.0. The lowest BCUT2D eigenvalue weighted by atomic mass is 9.78. The van der Waals surface area contributed by atoms with Crippen molar-refractivity contribution in [3.63, 3.8) is 0 Å². The summed E-state index contributed by atoms with van der Waals surface area (Å²) in [6.07, 6.45) is 3.44. The number of unbranched alkanes of at least 4 members (excludes halogenated alkanes) is 1. The Labute approximate surface area is 256 Å². The van der Waals surface area contributed by atoms with Gasteiger partial charge >= 0.3 is 0 Å². The molecule has 2 nitrogen and oxygen atoms in total. The van der Waals surface area contributed by atoms with Gasteiger partial charge in [0.15, 0.2) is 0 Å². The summed E-state index contributed by atoms with van der Waals surface area (Å²) < 4.78 is 32.8. The van der Waals surface area contributed by atoms with Gasteiger partial charge in [0.1, 0.15) is 17.8 Å². The molecule has 5 aromatic rings. The smallest absolute Gasteiger partial charge is 0.148 e. The minimum Gasteiger partial charge on any atom is -0.299 e. The molecule has 1 aromatic heterocycles. The van der Waals surface area contributed by atoms with Gasteiger partial charge < -0.3 is 0 Å². The maximum Gasteiger partial charge on any atom is 0.148 e. The predicted molar refractivity (Wildman–Crippen MR) is 178 cm³/mol. The summed E-state index contributed by atoms with van der Waals surface area (Å²) in [6.45, 7) is 15.7. The van der Waals surface area contributed by atoms with E-state index in [1.54, 1.807) is 6.07 Å². The van der Waals surface area contributed by atoms with E-state index >= 15 is 4.39 Å². The molecule has 224 valence electrons. The molecule has 5 rings (SSSR count). The van der Waals surface area contributed by atoms with Crippen molar-refractivity contribution < 1.29 is 8.78 Å². The van der Waals surface area contributed by atoms with Crippen LogP contribution in [0.5, 0.6) is 0 Å². The van der Waals surface area contributed by atoms with Crippen molar-refractivity contribution in [1.29, 1.82) is 0 Å². The molecule has 4 aromatic carbocycles. The number of alkyl halides is 1. The number of hydrogen-bond acceptors (Lipinski definition) is 1. The first-order valence-electron chi connectivity index (χ1n) is 15.3. The van der Waals surface area contributed by atoms with Crippen molar-refractivity contribution in [3.05, 3.63) is 119 Å². The summed E-state index contributed by atoms with van der Waals surface area (Å²) in [4.78, 5) is 5.11. The summed E-state index contributed by atoms with van der Waals surface area (Å²) in [7, 11) is 0. The van der Waals surface area contributed by atoms with E-state index in [0.717, 1.165) is 44.8 Å². The Kier molecular flexibility index (Phi) is 10.0. The van der Waals surface area contributed by atoms with Crippen LogP contribution in [0, 0.1) is 26.6 Å². The lowest BCUT2D eigenvalue weighted by Crippen LogP contribution is -2.29. The first kappa shape index (κ1) is 31.9. The molecule has 4 heteroatoms. The normalized spacial score (nSPS) is 12.0. The lowest BCUT2D eigenvalue weighted by Gasteiger charge is -2.29. The molecular formula is C39H44F2N2. The molecule has 0 amide bonds.